The molecule has 5 aromatic rings. The fourth-order valence-electron chi connectivity index (χ4n) is 6.75. The number of rotatable bonds is 7. The molecule has 1 aliphatic heterocycles. The van der Waals surface area contributed by atoms with Crippen LogP contribution >= 0.6 is 0 Å². The molecule has 4 aromatic carbocycles. The maximum Gasteiger partial charge on any atom is 0.142 e. The fraction of sp³-hybridized carbons (Fsp3) is 0.257. The van der Waals surface area contributed by atoms with E-state index in [2.05, 4.69) is 120 Å². The summed E-state index contributed by atoms with van der Waals surface area (Å²) in [4.78, 5) is 0. The Bertz CT molecular complexity index is 1630. The van der Waals surface area contributed by atoms with Crippen LogP contribution in [0.25, 0.3) is 21.8 Å². The van der Waals surface area contributed by atoms with Gasteiger partial charge in [0.2, 0.25) is 0 Å². The SMILES string of the molecule is CCn1c2ccccc2c2cc(C3Nc4c(OCCCc5ccccc5)cccc4C4C=CCC43)ccc21. The molecule has 0 bridgehead atoms. The molecule has 7 rings (SSSR count). The summed E-state index contributed by atoms with van der Waals surface area (Å²) in [5.74, 6) is 1.90. The van der Waals surface area contributed by atoms with E-state index in [1.165, 1.54) is 44.2 Å². The first-order valence-corrected chi connectivity index (χ1v) is 14.1. The highest BCUT2D eigenvalue weighted by Crippen LogP contribution is 2.52. The van der Waals surface area contributed by atoms with Gasteiger partial charge in [-0.25, -0.2) is 0 Å². The van der Waals surface area contributed by atoms with Gasteiger partial charge in [0.25, 0.3) is 0 Å². The minimum Gasteiger partial charge on any atom is -0.491 e. The van der Waals surface area contributed by atoms with Crippen molar-refractivity contribution in [2.45, 2.75) is 44.7 Å². The van der Waals surface area contributed by atoms with Crippen molar-refractivity contribution in [3.05, 3.63) is 120 Å². The molecule has 38 heavy (non-hydrogen) atoms. The highest BCUT2D eigenvalue weighted by Gasteiger charge is 2.39. The Hall–Kier alpha value is -3.98. The first kappa shape index (κ1) is 23.2. The molecular weight excluding hydrogens is 464 g/mol. The molecule has 0 amide bonds. The van der Waals surface area contributed by atoms with Crippen molar-refractivity contribution in [2.75, 3.05) is 11.9 Å². The number of para-hydroxylation sites is 2. The van der Waals surface area contributed by atoms with Gasteiger partial charge in [-0.15, -0.1) is 0 Å². The number of fused-ring (bicyclic) bond motifs is 6. The zero-order valence-electron chi connectivity index (χ0n) is 21.9. The van der Waals surface area contributed by atoms with Gasteiger partial charge in [0.05, 0.1) is 18.3 Å². The molecule has 3 nitrogen and oxygen atoms in total. The van der Waals surface area contributed by atoms with Crippen LogP contribution in [-0.2, 0) is 13.0 Å². The normalized spacial score (nSPS) is 19.9. The number of hydrogen-bond acceptors (Lipinski definition) is 2. The number of nitrogens with one attached hydrogen (secondary N) is 1. The van der Waals surface area contributed by atoms with E-state index >= 15 is 0 Å². The Balaban J connectivity index is 1.21. The number of allylic oxidation sites excluding steroid dienone is 2. The number of nitrogens with zero attached hydrogens (tertiary/aromatic N) is 1. The summed E-state index contributed by atoms with van der Waals surface area (Å²) >= 11 is 0. The molecular formula is C35H34N2O. The lowest BCUT2D eigenvalue weighted by Gasteiger charge is -2.38. The Morgan fingerprint density at radius 3 is 2.61 bits per heavy atom. The average Bonchev–Trinajstić information content (AvgIpc) is 3.58. The van der Waals surface area contributed by atoms with Crippen LogP contribution in [0, 0.1) is 5.92 Å². The Morgan fingerprint density at radius 1 is 0.868 bits per heavy atom. The molecule has 1 N–H and O–H groups in total. The van der Waals surface area contributed by atoms with Crippen molar-refractivity contribution in [3.8, 4) is 5.75 Å². The van der Waals surface area contributed by atoms with Crippen molar-refractivity contribution >= 4 is 27.5 Å². The number of anilines is 1. The van der Waals surface area contributed by atoms with Crippen LogP contribution in [0.15, 0.2) is 103 Å². The minimum absolute atomic E-state index is 0.240. The van der Waals surface area contributed by atoms with E-state index in [0.717, 1.165) is 31.6 Å². The second kappa shape index (κ2) is 9.72. The third-order valence-electron chi connectivity index (χ3n) is 8.54. The van der Waals surface area contributed by atoms with Crippen LogP contribution in [0.5, 0.6) is 5.75 Å². The third-order valence-corrected chi connectivity index (χ3v) is 8.54. The molecule has 0 spiro atoms. The Kier molecular flexibility index (Phi) is 5.92. The summed E-state index contributed by atoms with van der Waals surface area (Å²) in [6.45, 7) is 3.91. The molecule has 0 radical (unpaired) electrons. The monoisotopic (exact) mass is 498 g/mol. The zero-order chi connectivity index (χ0) is 25.5. The number of aromatic nitrogens is 1. The van der Waals surface area contributed by atoms with Gasteiger partial charge < -0.3 is 14.6 Å². The number of benzene rings is 4. The lowest BCUT2D eigenvalue weighted by atomic mass is 9.76. The summed E-state index contributed by atoms with van der Waals surface area (Å²) in [5, 5.41) is 6.66. The van der Waals surface area contributed by atoms with E-state index in [0.29, 0.717) is 18.4 Å². The van der Waals surface area contributed by atoms with Gasteiger partial charge in [0, 0.05) is 34.3 Å². The quantitative estimate of drug-likeness (QED) is 0.179. The molecule has 2 aliphatic rings. The van der Waals surface area contributed by atoms with Crippen molar-refractivity contribution < 1.29 is 4.74 Å². The van der Waals surface area contributed by atoms with E-state index in [9.17, 15) is 0 Å². The largest absolute Gasteiger partial charge is 0.491 e. The summed E-state index contributed by atoms with van der Waals surface area (Å²) in [6, 6.07) is 33.4. The maximum atomic E-state index is 6.41. The molecule has 1 aliphatic carbocycles. The summed E-state index contributed by atoms with van der Waals surface area (Å²) < 4.78 is 8.84. The summed E-state index contributed by atoms with van der Waals surface area (Å²) in [7, 11) is 0. The molecule has 0 fully saturated rings. The molecule has 3 atom stereocenters. The topological polar surface area (TPSA) is 26.2 Å². The van der Waals surface area contributed by atoms with E-state index in [1.54, 1.807) is 0 Å². The summed E-state index contributed by atoms with van der Waals surface area (Å²) in [5.41, 5.74) is 7.89. The first-order chi connectivity index (χ1) is 18.8. The molecule has 190 valence electrons. The van der Waals surface area contributed by atoms with Crippen molar-refractivity contribution in [1.29, 1.82) is 0 Å². The molecule has 2 heterocycles. The lowest BCUT2D eigenvalue weighted by Crippen LogP contribution is -2.29. The van der Waals surface area contributed by atoms with Crippen LogP contribution in [0.1, 0.15) is 48.4 Å². The van der Waals surface area contributed by atoms with Gasteiger partial charge >= 0.3 is 0 Å². The van der Waals surface area contributed by atoms with E-state index in [4.69, 9.17) is 4.74 Å². The van der Waals surface area contributed by atoms with Crippen LogP contribution in [-0.4, -0.2) is 11.2 Å². The predicted molar refractivity (Wildman–Crippen MR) is 158 cm³/mol. The van der Waals surface area contributed by atoms with Crippen molar-refractivity contribution in [1.82, 2.24) is 4.57 Å². The van der Waals surface area contributed by atoms with Crippen molar-refractivity contribution in [3.63, 3.8) is 0 Å². The van der Waals surface area contributed by atoms with Gasteiger partial charge in [-0.05, 0) is 73.1 Å². The van der Waals surface area contributed by atoms with Crippen LogP contribution in [0.3, 0.4) is 0 Å². The van der Waals surface area contributed by atoms with Gasteiger partial charge in [0.1, 0.15) is 5.75 Å². The van der Waals surface area contributed by atoms with Crippen LogP contribution < -0.4 is 10.1 Å². The summed E-state index contributed by atoms with van der Waals surface area (Å²) in [6.07, 6.45) is 7.91. The van der Waals surface area contributed by atoms with Crippen molar-refractivity contribution in [2.24, 2.45) is 5.92 Å². The van der Waals surface area contributed by atoms with E-state index in [1.807, 2.05) is 0 Å². The molecule has 3 unspecified atom stereocenters. The van der Waals surface area contributed by atoms with Gasteiger partial charge in [-0.3, -0.25) is 0 Å². The van der Waals surface area contributed by atoms with Gasteiger partial charge in [0.15, 0.2) is 0 Å². The molecule has 1 aromatic heterocycles. The Labute approximate surface area is 224 Å². The lowest BCUT2D eigenvalue weighted by molar-refractivity contribution is 0.309. The number of hydrogen-bond donors (Lipinski definition) is 1. The first-order valence-electron chi connectivity index (χ1n) is 14.1. The minimum atomic E-state index is 0.240. The van der Waals surface area contributed by atoms with E-state index in [-0.39, 0.29) is 6.04 Å². The highest BCUT2D eigenvalue weighted by molar-refractivity contribution is 6.08. The second-order valence-corrected chi connectivity index (χ2v) is 10.7. The zero-order valence-corrected chi connectivity index (χ0v) is 21.9. The number of ether oxygens (including phenoxy) is 1. The third kappa shape index (κ3) is 3.89. The fourth-order valence-corrected chi connectivity index (χ4v) is 6.75. The molecule has 0 saturated heterocycles. The van der Waals surface area contributed by atoms with Crippen LogP contribution in [0.4, 0.5) is 5.69 Å². The predicted octanol–water partition coefficient (Wildman–Crippen LogP) is 8.65. The van der Waals surface area contributed by atoms with E-state index < -0.39 is 0 Å². The second-order valence-electron chi connectivity index (χ2n) is 10.7. The highest BCUT2D eigenvalue weighted by atomic mass is 16.5. The standard InChI is InChI=1S/C35H34N2O/c1-2-37-31-18-7-6-14-27(31)30-23-25(20-21-32(30)37)34-28-16-8-15-26(28)29-17-9-19-33(35(29)36-34)38-22-10-13-24-11-4-3-5-12-24/h3-9,11-12,14-15,17-21,23,26,28,34,36H,2,10,13,16,22H2,1H3. The Morgan fingerprint density at radius 2 is 1.71 bits per heavy atom. The van der Waals surface area contributed by atoms with Gasteiger partial charge in [-0.2, -0.15) is 0 Å². The molecule has 3 heteroatoms. The number of aryl methyl sites for hydroxylation is 2. The smallest absolute Gasteiger partial charge is 0.142 e. The van der Waals surface area contributed by atoms with Crippen LogP contribution in [0.2, 0.25) is 0 Å². The van der Waals surface area contributed by atoms with Gasteiger partial charge in [-0.1, -0.05) is 78.9 Å². The molecule has 0 saturated carbocycles. The average molecular weight is 499 g/mol. The maximum absolute atomic E-state index is 6.41.